The first-order valence-electron chi connectivity index (χ1n) is 10.0. The molecule has 28 heavy (non-hydrogen) atoms. The zero-order valence-electron chi connectivity index (χ0n) is 16.3. The van der Waals surface area contributed by atoms with Crippen molar-refractivity contribution in [3.63, 3.8) is 0 Å². The molecule has 0 unspecified atom stereocenters. The van der Waals surface area contributed by atoms with E-state index in [1.54, 1.807) is 30.3 Å². The van der Waals surface area contributed by atoms with Crippen LogP contribution in [0, 0.1) is 12.8 Å². The van der Waals surface area contributed by atoms with Crippen LogP contribution >= 0.6 is 0 Å². The number of phenolic OH excluding ortho intramolecular Hbond substituents is 1. The van der Waals surface area contributed by atoms with E-state index in [1.165, 1.54) is 38.2 Å². The van der Waals surface area contributed by atoms with Crippen LogP contribution < -0.4 is 10.6 Å². The molecule has 1 saturated carbocycles. The number of carbonyl (C=O) groups is 2. The molecule has 1 aliphatic rings. The zero-order valence-corrected chi connectivity index (χ0v) is 16.3. The second-order valence-electron chi connectivity index (χ2n) is 7.54. The molecule has 1 aliphatic carbocycles. The van der Waals surface area contributed by atoms with Gasteiger partial charge >= 0.3 is 0 Å². The highest BCUT2D eigenvalue weighted by molar-refractivity contribution is 6.07. The maximum absolute atomic E-state index is 12.4. The molecule has 0 atom stereocenters. The zero-order chi connectivity index (χ0) is 19.9. The number of rotatable bonds is 6. The fourth-order valence-electron chi connectivity index (χ4n) is 3.79. The van der Waals surface area contributed by atoms with Crippen LogP contribution in [0.5, 0.6) is 5.75 Å². The molecule has 2 aromatic rings. The molecule has 0 bridgehead atoms. The van der Waals surface area contributed by atoms with Crippen LogP contribution in [0.3, 0.4) is 0 Å². The van der Waals surface area contributed by atoms with Crippen molar-refractivity contribution < 1.29 is 14.7 Å². The number of amides is 2. The molecule has 0 saturated heterocycles. The van der Waals surface area contributed by atoms with Crippen molar-refractivity contribution in [2.75, 3.05) is 10.6 Å². The summed E-state index contributed by atoms with van der Waals surface area (Å²) in [6.07, 6.45) is 7.82. The van der Waals surface area contributed by atoms with Crippen LogP contribution in [0.25, 0.3) is 0 Å². The average Bonchev–Trinajstić information content (AvgIpc) is 2.70. The summed E-state index contributed by atoms with van der Waals surface area (Å²) in [5.74, 6) is 0.231. The highest BCUT2D eigenvalue weighted by Crippen LogP contribution is 2.28. The van der Waals surface area contributed by atoms with Crippen molar-refractivity contribution >= 4 is 23.2 Å². The van der Waals surface area contributed by atoms with Gasteiger partial charge in [0.05, 0.1) is 5.56 Å². The Morgan fingerprint density at radius 2 is 1.64 bits per heavy atom. The van der Waals surface area contributed by atoms with Crippen molar-refractivity contribution in [3.8, 4) is 5.75 Å². The summed E-state index contributed by atoms with van der Waals surface area (Å²) in [5, 5.41) is 15.6. The summed E-state index contributed by atoms with van der Waals surface area (Å²) < 4.78 is 0. The average molecular weight is 380 g/mol. The third-order valence-electron chi connectivity index (χ3n) is 5.51. The van der Waals surface area contributed by atoms with E-state index in [4.69, 9.17) is 0 Å². The molecule has 5 nitrogen and oxygen atoms in total. The highest BCUT2D eigenvalue weighted by atomic mass is 16.3. The third-order valence-corrected chi connectivity index (χ3v) is 5.51. The number of nitrogens with one attached hydrogen (secondary N) is 2. The Balaban J connectivity index is 1.61. The third kappa shape index (κ3) is 5.12. The Morgan fingerprint density at radius 1 is 0.964 bits per heavy atom. The van der Waals surface area contributed by atoms with E-state index < -0.39 is 0 Å². The molecular weight excluding hydrogens is 352 g/mol. The number of carbonyl (C=O) groups excluding carboxylic acids is 2. The van der Waals surface area contributed by atoms with Crippen molar-refractivity contribution in [1.82, 2.24) is 0 Å². The van der Waals surface area contributed by atoms with Gasteiger partial charge in [0, 0.05) is 17.8 Å². The van der Waals surface area contributed by atoms with Crippen LogP contribution in [0.15, 0.2) is 42.5 Å². The van der Waals surface area contributed by atoms with E-state index in [2.05, 4.69) is 10.6 Å². The maximum Gasteiger partial charge on any atom is 0.259 e. The van der Waals surface area contributed by atoms with E-state index in [0.29, 0.717) is 23.7 Å². The number of hydrogen-bond acceptors (Lipinski definition) is 3. The van der Waals surface area contributed by atoms with Gasteiger partial charge in [-0.3, -0.25) is 9.59 Å². The lowest BCUT2D eigenvalue weighted by Gasteiger charge is -2.21. The second-order valence-corrected chi connectivity index (χ2v) is 7.54. The number of para-hydroxylation sites is 1. The molecular formula is C23H28N2O3. The largest absolute Gasteiger partial charge is 0.507 e. The predicted octanol–water partition coefficient (Wildman–Crippen LogP) is 5.25. The second kappa shape index (κ2) is 9.40. The summed E-state index contributed by atoms with van der Waals surface area (Å²) in [6.45, 7) is 1.86. The van der Waals surface area contributed by atoms with E-state index in [-0.39, 0.29) is 23.1 Å². The van der Waals surface area contributed by atoms with Crippen molar-refractivity contribution in [2.24, 2.45) is 5.92 Å². The Kier molecular flexibility index (Phi) is 6.69. The van der Waals surface area contributed by atoms with E-state index in [1.807, 2.05) is 13.0 Å². The molecule has 148 valence electrons. The fourth-order valence-corrected chi connectivity index (χ4v) is 3.79. The summed E-state index contributed by atoms with van der Waals surface area (Å²) >= 11 is 0. The minimum atomic E-state index is -0.387. The maximum atomic E-state index is 12.4. The predicted molar refractivity (Wildman–Crippen MR) is 112 cm³/mol. The monoisotopic (exact) mass is 380 g/mol. The lowest BCUT2D eigenvalue weighted by atomic mass is 9.86. The molecule has 0 aromatic heterocycles. The number of benzene rings is 2. The van der Waals surface area contributed by atoms with Gasteiger partial charge < -0.3 is 15.7 Å². The van der Waals surface area contributed by atoms with Gasteiger partial charge in [0.2, 0.25) is 5.91 Å². The first kappa shape index (κ1) is 19.9. The molecule has 3 rings (SSSR count). The van der Waals surface area contributed by atoms with Gasteiger partial charge in [-0.1, -0.05) is 50.3 Å². The summed E-state index contributed by atoms with van der Waals surface area (Å²) in [6, 6.07) is 11.8. The SMILES string of the molecule is Cc1c(NC(=O)CCC2CCCCC2)cccc1NC(=O)c1ccccc1O. The number of phenols is 1. The van der Waals surface area contributed by atoms with Gasteiger partial charge in [0.1, 0.15) is 5.75 Å². The van der Waals surface area contributed by atoms with Crippen molar-refractivity contribution in [2.45, 2.75) is 51.9 Å². The van der Waals surface area contributed by atoms with Crippen LogP contribution in [-0.4, -0.2) is 16.9 Å². The smallest absolute Gasteiger partial charge is 0.259 e. The summed E-state index contributed by atoms with van der Waals surface area (Å²) in [4.78, 5) is 24.8. The quantitative estimate of drug-likeness (QED) is 0.640. The van der Waals surface area contributed by atoms with E-state index >= 15 is 0 Å². The van der Waals surface area contributed by atoms with Crippen molar-refractivity contribution in [3.05, 3.63) is 53.6 Å². The Hall–Kier alpha value is -2.82. The van der Waals surface area contributed by atoms with E-state index in [0.717, 1.165) is 12.0 Å². The molecule has 0 spiro atoms. The Labute approximate surface area is 166 Å². The Bertz CT molecular complexity index is 841. The van der Waals surface area contributed by atoms with Crippen LogP contribution in [0.2, 0.25) is 0 Å². The van der Waals surface area contributed by atoms with Gasteiger partial charge in [0.25, 0.3) is 5.91 Å². The van der Waals surface area contributed by atoms with Crippen LogP contribution in [0.1, 0.15) is 60.9 Å². The molecule has 2 amide bonds. The molecule has 0 aliphatic heterocycles. The fraction of sp³-hybridized carbons (Fsp3) is 0.391. The lowest BCUT2D eigenvalue weighted by Crippen LogP contribution is -2.17. The van der Waals surface area contributed by atoms with E-state index in [9.17, 15) is 14.7 Å². The molecule has 3 N–H and O–H groups in total. The Morgan fingerprint density at radius 3 is 2.36 bits per heavy atom. The van der Waals surface area contributed by atoms with Crippen LogP contribution in [0.4, 0.5) is 11.4 Å². The van der Waals surface area contributed by atoms with Gasteiger partial charge in [-0.15, -0.1) is 0 Å². The number of anilines is 2. The van der Waals surface area contributed by atoms with Gasteiger partial charge in [-0.25, -0.2) is 0 Å². The van der Waals surface area contributed by atoms with Crippen molar-refractivity contribution in [1.29, 1.82) is 0 Å². The first-order valence-corrected chi connectivity index (χ1v) is 10.0. The summed E-state index contributed by atoms with van der Waals surface area (Å²) in [5.41, 5.74) is 2.31. The standard InChI is InChI=1S/C23H28N2O3/c1-16-19(24-22(27)15-14-17-8-3-2-4-9-17)11-7-12-20(16)25-23(28)18-10-5-6-13-21(18)26/h5-7,10-13,17,26H,2-4,8-9,14-15H2,1H3,(H,24,27)(H,25,28). The van der Waals surface area contributed by atoms with Crippen LogP contribution in [-0.2, 0) is 4.79 Å². The van der Waals surface area contributed by atoms with Gasteiger partial charge in [-0.2, -0.15) is 0 Å². The topological polar surface area (TPSA) is 78.4 Å². The molecule has 1 fully saturated rings. The normalized spacial score (nSPS) is 14.5. The summed E-state index contributed by atoms with van der Waals surface area (Å²) in [7, 11) is 0. The van der Waals surface area contributed by atoms with Gasteiger partial charge in [0.15, 0.2) is 0 Å². The highest BCUT2D eigenvalue weighted by Gasteiger charge is 2.16. The lowest BCUT2D eigenvalue weighted by molar-refractivity contribution is -0.116. The molecule has 0 radical (unpaired) electrons. The molecule has 2 aromatic carbocycles. The minimum Gasteiger partial charge on any atom is -0.507 e. The minimum absolute atomic E-state index is 0.0119. The first-order chi connectivity index (χ1) is 13.5. The molecule has 0 heterocycles. The van der Waals surface area contributed by atoms with Gasteiger partial charge in [-0.05, 0) is 49.1 Å². The number of hydrogen-bond donors (Lipinski definition) is 3. The number of aromatic hydroxyl groups is 1. The molecule has 5 heteroatoms.